The summed E-state index contributed by atoms with van der Waals surface area (Å²) < 4.78 is 1.92. The topological polar surface area (TPSA) is 42.5 Å². The lowest BCUT2D eigenvalue weighted by molar-refractivity contribution is -0.753. The second kappa shape index (κ2) is 4.59. The Labute approximate surface area is 88.6 Å². The predicted octanol–water partition coefficient (Wildman–Crippen LogP) is 1.24. The minimum Gasteiger partial charge on any atom is -0.159 e. The van der Waals surface area contributed by atoms with Crippen LogP contribution in [-0.2, 0) is 6.54 Å². The molecule has 2 rings (SSSR count). The maximum atomic E-state index is 4.29. The monoisotopic (exact) mass is 201 g/mol. The lowest BCUT2D eigenvalue weighted by Gasteiger charge is -1.96. The Morgan fingerprint density at radius 2 is 2.27 bits per heavy atom. The molecule has 2 aromatic heterocycles. The predicted molar refractivity (Wildman–Crippen MR) is 55.7 cm³/mol. The molecule has 0 unspecified atom stereocenters. The van der Waals surface area contributed by atoms with Crippen molar-refractivity contribution in [1.29, 1.82) is 0 Å². The smallest absolute Gasteiger partial charge is 0.159 e. The van der Waals surface area contributed by atoms with Crippen LogP contribution in [0.15, 0.2) is 36.8 Å². The Bertz CT molecular complexity index is 410. The summed E-state index contributed by atoms with van der Waals surface area (Å²) in [4.78, 5) is 0. The van der Waals surface area contributed by atoms with Gasteiger partial charge in [0.05, 0.1) is 5.69 Å². The van der Waals surface area contributed by atoms with E-state index in [1.165, 1.54) is 0 Å². The molecule has 0 aromatic carbocycles. The van der Waals surface area contributed by atoms with Gasteiger partial charge in [0, 0.05) is 24.2 Å². The number of hydrogen-bond acceptors (Lipinski definition) is 3. The van der Waals surface area contributed by atoms with Crippen molar-refractivity contribution in [1.82, 2.24) is 15.3 Å². The van der Waals surface area contributed by atoms with E-state index in [1.807, 2.05) is 35.3 Å². The molecule has 0 fully saturated rings. The first-order valence-electron chi connectivity index (χ1n) is 5.04. The first-order valence-corrected chi connectivity index (χ1v) is 5.04. The zero-order valence-electron chi connectivity index (χ0n) is 8.67. The number of hydrogen-bond donors (Lipinski definition) is 0. The summed E-state index contributed by atoms with van der Waals surface area (Å²) in [5.74, 6) is 0. The second-order valence-electron chi connectivity index (χ2n) is 3.29. The van der Waals surface area contributed by atoms with E-state index in [2.05, 4.69) is 22.2 Å². The van der Waals surface area contributed by atoms with Crippen LogP contribution in [0.4, 0.5) is 0 Å². The van der Waals surface area contributed by atoms with Crippen LogP contribution in [-0.4, -0.2) is 15.3 Å². The van der Waals surface area contributed by atoms with E-state index >= 15 is 0 Å². The number of rotatable bonds is 3. The summed E-state index contributed by atoms with van der Waals surface area (Å²) >= 11 is 0. The van der Waals surface area contributed by atoms with Crippen LogP contribution in [0.2, 0.25) is 0 Å². The zero-order valence-corrected chi connectivity index (χ0v) is 8.67. The lowest BCUT2D eigenvalue weighted by Crippen LogP contribution is -2.36. The Balaban J connectivity index is 2.24. The molecule has 76 valence electrons. The molecular formula is C11H13N4+. The molecule has 0 radical (unpaired) electrons. The molecule has 15 heavy (non-hydrogen) atoms. The highest BCUT2D eigenvalue weighted by Crippen LogP contribution is 2.11. The number of aromatic nitrogens is 4. The molecule has 0 saturated carbocycles. The molecule has 4 nitrogen and oxygen atoms in total. The standard InChI is InChI=1S/C11H13N4/c1-2-7-15-8-5-10(9-13-15)11-4-3-6-12-14-11/h3-6,8-9H,2,7H2,1H3/q+1. The largest absolute Gasteiger partial charge is 0.196 e. The van der Waals surface area contributed by atoms with Crippen molar-refractivity contribution in [3.05, 3.63) is 36.8 Å². The summed E-state index contributed by atoms with van der Waals surface area (Å²) in [7, 11) is 0. The van der Waals surface area contributed by atoms with Crippen LogP contribution >= 0.6 is 0 Å². The van der Waals surface area contributed by atoms with E-state index in [9.17, 15) is 0 Å². The Hall–Kier alpha value is -1.84. The van der Waals surface area contributed by atoms with E-state index in [4.69, 9.17) is 0 Å². The fourth-order valence-corrected chi connectivity index (χ4v) is 1.35. The van der Waals surface area contributed by atoms with E-state index in [0.29, 0.717) is 0 Å². The Kier molecular flexibility index (Phi) is 2.97. The highest BCUT2D eigenvalue weighted by molar-refractivity contribution is 5.55. The highest BCUT2D eigenvalue weighted by Gasteiger charge is 2.03. The molecule has 0 N–H and O–H groups in total. The summed E-state index contributed by atoms with van der Waals surface area (Å²) in [5, 5.41) is 12.2. The van der Waals surface area contributed by atoms with Gasteiger partial charge in [-0.1, -0.05) is 11.6 Å². The Morgan fingerprint density at radius 1 is 1.33 bits per heavy atom. The van der Waals surface area contributed by atoms with Gasteiger partial charge in [0.1, 0.15) is 6.20 Å². The van der Waals surface area contributed by atoms with E-state index in [-0.39, 0.29) is 0 Å². The minimum absolute atomic E-state index is 0.855. The van der Waals surface area contributed by atoms with Gasteiger partial charge in [-0.15, -0.1) is 0 Å². The fourth-order valence-electron chi connectivity index (χ4n) is 1.35. The summed E-state index contributed by atoms with van der Waals surface area (Å²) in [6.07, 6.45) is 6.53. The maximum absolute atomic E-state index is 4.29. The van der Waals surface area contributed by atoms with Gasteiger partial charge in [0.15, 0.2) is 12.7 Å². The third-order valence-electron chi connectivity index (χ3n) is 2.09. The van der Waals surface area contributed by atoms with E-state index in [0.717, 1.165) is 24.2 Å². The Morgan fingerprint density at radius 3 is 2.87 bits per heavy atom. The molecule has 4 heteroatoms. The van der Waals surface area contributed by atoms with Crippen LogP contribution in [0.5, 0.6) is 0 Å². The summed E-state index contributed by atoms with van der Waals surface area (Å²) in [6.45, 7) is 3.08. The molecule has 0 saturated heterocycles. The number of aryl methyl sites for hydroxylation is 1. The molecule has 0 bridgehead atoms. The highest BCUT2D eigenvalue weighted by atomic mass is 15.2. The van der Waals surface area contributed by atoms with E-state index in [1.54, 1.807) is 6.20 Å². The zero-order chi connectivity index (χ0) is 10.5. The van der Waals surface area contributed by atoms with Crippen LogP contribution in [0.3, 0.4) is 0 Å². The second-order valence-corrected chi connectivity index (χ2v) is 3.29. The van der Waals surface area contributed by atoms with Crippen LogP contribution < -0.4 is 4.68 Å². The molecule has 0 amide bonds. The molecular weight excluding hydrogens is 188 g/mol. The maximum Gasteiger partial charge on any atom is 0.196 e. The lowest BCUT2D eigenvalue weighted by atomic mass is 10.2. The van der Waals surface area contributed by atoms with Crippen molar-refractivity contribution < 1.29 is 4.68 Å². The average molecular weight is 201 g/mol. The van der Waals surface area contributed by atoms with Crippen LogP contribution in [0.25, 0.3) is 11.3 Å². The van der Waals surface area contributed by atoms with Crippen molar-refractivity contribution >= 4 is 0 Å². The molecule has 0 atom stereocenters. The molecule has 0 aliphatic rings. The van der Waals surface area contributed by atoms with Crippen LogP contribution in [0.1, 0.15) is 13.3 Å². The van der Waals surface area contributed by atoms with Gasteiger partial charge in [-0.05, 0) is 17.2 Å². The first-order chi connectivity index (χ1) is 7.40. The fraction of sp³-hybridized carbons (Fsp3) is 0.273. The minimum atomic E-state index is 0.855. The van der Waals surface area contributed by atoms with Crippen molar-refractivity contribution in [2.75, 3.05) is 0 Å². The van der Waals surface area contributed by atoms with Gasteiger partial charge in [-0.25, -0.2) is 0 Å². The molecule has 2 heterocycles. The van der Waals surface area contributed by atoms with Gasteiger partial charge < -0.3 is 0 Å². The van der Waals surface area contributed by atoms with Crippen molar-refractivity contribution in [3.63, 3.8) is 0 Å². The van der Waals surface area contributed by atoms with Gasteiger partial charge in [0.2, 0.25) is 0 Å². The van der Waals surface area contributed by atoms with Gasteiger partial charge in [0.25, 0.3) is 0 Å². The summed E-state index contributed by atoms with van der Waals surface area (Å²) in [5.41, 5.74) is 1.85. The summed E-state index contributed by atoms with van der Waals surface area (Å²) in [6, 6.07) is 5.80. The molecule has 0 spiro atoms. The SMILES string of the molecule is CCC[n+]1ccc(-c2cccnn2)cn1. The van der Waals surface area contributed by atoms with Gasteiger partial charge in [-0.3, -0.25) is 0 Å². The molecule has 0 aliphatic heterocycles. The van der Waals surface area contributed by atoms with Crippen molar-refractivity contribution in [2.24, 2.45) is 0 Å². The normalized spacial score (nSPS) is 10.2. The quantitative estimate of drug-likeness (QED) is 0.701. The van der Waals surface area contributed by atoms with Crippen LogP contribution in [0, 0.1) is 0 Å². The molecule has 0 aliphatic carbocycles. The molecule has 2 aromatic rings. The van der Waals surface area contributed by atoms with Gasteiger partial charge >= 0.3 is 0 Å². The third-order valence-corrected chi connectivity index (χ3v) is 2.09. The van der Waals surface area contributed by atoms with Gasteiger partial charge in [-0.2, -0.15) is 10.2 Å². The number of nitrogens with zero attached hydrogens (tertiary/aromatic N) is 4. The van der Waals surface area contributed by atoms with E-state index < -0.39 is 0 Å². The first kappa shape index (κ1) is 9.71. The third kappa shape index (κ3) is 2.34. The van der Waals surface area contributed by atoms with Crippen molar-refractivity contribution in [2.45, 2.75) is 19.9 Å². The average Bonchev–Trinajstić information content (AvgIpc) is 2.32. The van der Waals surface area contributed by atoms with Crippen molar-refractivity contribution in [3.8, 4) is 11.3 Å².